The van der Waals surface area contributed by atoms with E-state index < -0.39 is 0 Å². The van der Waals surface area contributed by atoms with Gasteiger partial charge in [-0.25, -0.2) is 4.79 Å². The number of thiophene rings is 1. The summed E-state index contributed by atoms with van der Waals surface area (Å²) >= 11 is 1.54. The van der Waals surface area contributed by atoms with Crippen LogP contribution in [0.15, 0.2) is 0 Å². The number of amides is 3. The van der Waals surface area contributed by atoms with E-state index in [9.17, 15) is 14.9 Å². The number of hydrogen-bond acceptors (Lipinski definition) is 7. The van der Waals surface area contributed by atoms with E-state index in [-0.39, 0.29) is 23.8 Å². The van der Waals surface area contributed by atoms with Crippen molar-refractivity contribution in [1.82, 2.24) is 20.0 Å². The minimum Gasteiger partial charge on any atom is -0.389 e. The fourth-order valence-electron chi connectivity index (χ4n) is 6.00. The molecule has 4 rings (SSSR count). The van der Waals surface area contributed by atoms with Crippen LogP contribution in [-0.2, 0) is 17.6 Å². The number of nitrogens with two attached hydrogens (primary N) is 1. The van der Waals surface area contributed by atoms with Gasteiger partial charge in [-0.15, -0.1) is 11.3 Å². The quantitative estimate of drug-likeness (QED) is 0.640. The molecule has 9 heteroatoms. The summed E-state index contributed by atoms with van der Waals surface area (Å²) in [6.07, 6.45) is 6.88. The number of likely N-dealkylation sites (tertiary alicyclic amines) is 2. The Kier molecular flexibility index (Phi) is 8.12. The van der Waals surface area contributed by atoms with Gasteiger partial charge in [-0.05, 0) is 70.1 Å². The van der Waals surface area contributed by atoms with Crippen LogP contribution in [0.3, 0.4) is 0 Å². The van der Waals surface area contributed by atoms with Crippen LogP contribution < -0.4 is 11.1 Å². The number of piperidine rings is 2. The summed E-state index contributed by atoms with van der Waals surface area (Å²) < 4.78 is 0. The van der Waals surface area contributed by atoms with Crippen molar-refractivity contribution in [2.75, 3.05) is 52.0 Å². The third-order valence-electron chi connectivity index (χ3n) is 7.76. The van der Waals surface area contributed by atoms with Gasteiger partial charge >= 0.3 is 6.03 Å². The highest BCUT2D eigenvalue weighted by Gasteiger charge is 2.43. The number of anilines is 1. The molecule has 0 unspecified atom stereocenters. The van der Waals surface area contributed by atoms with Crippen molar-refractivity contribution in [2.45, 2.75) is 57.9 Å². The lowest BCUT2D eigenvalue weighted by molar-refractivity contribution is -0.136. The van der Waals surface area contributed by atoms with Gasteiger partial charge in [0.25, 0.3) is 0 Å². The number of nitrogens with one attached hydrogen (secondary N) is 1. The van der Waals surface area contributed by atoms with Gasteiger partial charge in [-0.2, -0.15) is 5.26 Å². The molecule has 1 aromatic rings. The molecule has 2 aliphatic heterocycles. The first kappa shape index (κ1) is 25.0. The van der Waals surface area contributed by atoms with Crippen molar-refractivity contribution in [3.63, 3.8) is 0 Å². The first-order valence-electron chi connectivity index (χ1n) is 12.7. The smallest absolute Gasteiger partial charge is 0.324 e. The van der Waals surface area contributed by atoms with Crippen molar-refractivity contribution < 1.29 is 9.59 Å². The maximum atomic E-state index is 13.5. The summed E-state index contributed by atoms with van der Waals surface area (Å²) in [6, 6.07) is 2.36. The van der Waals surface area contributed by atoms with Crippen LogP contribution in [0, 0.1) is 23.2 Å². The molecular weight excluding hydrogens is 448 g/mol. The van der Waals surface area contributed by atoms with Crippen LogP contribution in [-0.4, -0.2) is 79.0 Å². The molecule has 0 aromatic carbocycles. The van der Waals surface area contributed by atoms with Crippen molar-refractivity contribution >= 4 is 28.3 Å². The third-order valence-corrected chi connectivity index (χ3v) is 8.84. The highest BCUT2D eigenvalue weighted by Crippen LogP contribution is 2.43. The number of carbonyl (C=O) groups excluding carboxylic acids is 2. The van der Waals surface area contributed by atoms with Gasteiger partial charge in [0.1, 0.15) is 11.1 Å². The molecule has 3 aliphatic rings. The van der Waals surface area contributed by atoms with E-state index in [4.69, 9.17) is 5.73 Å². The maximum Gasteiger partial charge on any atom is 0.324 e. The maximum absolute atomic E-state index is 13.5. The molecule has 0 spiro atoms. The van der Waals surface area contributed by atoms with E-state index >= 15 is 0 Å². The standard InChI is InChI=1S/C25H38N6O2S/c1-3-8-31(25(33)28-7-11-30-9-5-4-6-10-30)24(32)18-12-17-13-19-20(15-26)23(27)34-22(19)14-21(17)29(2)16-18/h17-18,21H,3-14,16,27H2,1-2H3,(H,28,33)/t17-,18-,21-/m1/s1. The summed E-state index contributed by atoms with van der Waals surface area (Å²) in [5, 5.41) is 13.2. The largest absolute Gasteiger partial charge is 0.389 e. The molecular formula is C25H38N6O2S. The van der Waals surface area contributed by atoms with Gasteiger partial charge < -0.3 is 20.9 Å². The summed E-state index contributed by atoms with van der Waals surface area (Å²) in [5.74, 6) is -0.000546. The fraction of sp³-hybridized carbons (Fsp3) is 0.720. The van der Waals surface area contributed by atoms with Crippen LogP contribution in [0.4, 0.5) is 9.80 Å². The number of nitriles is 1. The number of likely N-dealkylation sites (N-methyl/N-ethyl adjacent to an activating group) is 1. The molecule has 3 heterocycles. The topological polar surface area (TPSA) is 106 Å². The predicted octanol–water partition coefficient (Wildman–Crippen LogP) is 2.67. The van der Waals surface area contributed by atoms with Crippen LogP contribution in [0.5, 0.6) is 0 Å². The summed E-state index contributed by atoms with van der Waals surface area (Å²) in [4.78, 5) is 33.8. The lowest BCUT2D eigenvalue weighted by Crippen LogP contribution is -2.55. The van der Waals surface area contributed by atoms with Crippen molar-refractivity contribution in [2.24, 2.45) is 11.8 Å². The number of fused-ring (bicyclic) bond motifs is 2. The number of nitrogens with zero attached hydrogens (tertiary/aromatic N) is 4. The van der Waals surface area contributed by atoms with Crippen LogP contribution in [0.25, 0.3) is 0 Å². The average Bonchev–Trinajstić information content (AvgIpc) is 3.15. The monoisotopic (exact) mass is 486 g/mol. The Hall–Kier alpha value is -2.15. The van der Waals surface area contributed by atoms with Gasteiger partial charge in [0, 0.05) is 37.1 Å². The Morgan fingerprint density at radius 3 is 2.74 bits per heavy atom. The van der Waals surface area contributed by atoms with Crippen LogP contribution in [0.1, 0.15) is 55.0 Å². The molecule has 0 bridgehead atoms. The first-order valence-corrected chi connectivity index (χ1v) is 13.6. The molecule has 186 valence electrons. The molecule has 2 saturated heterocycles. The first-order chi connectivity index (χ1) is 16.4. The third kappa shape index (κ3) is 5.24. The highest BCUT2D eigenvalue weighted by atomic mass is 32.1. The molecule has 8 nitrogen and oxygen atoms in total. The molecule has 34 heavy (non-hydrogen) atoms. The van der Waals surface area contributed by atoms with E-state index in [1.165, 1.54) is 40.4 Å². The minimum atomic E-state index is -0.267. The van der Waals surface area contributed by atoms with Gasteiger partial charge in [-0.3, -0.25) is 9.69 Å². The summed E-state index contributed by atoms with van der Waals surface area (Å²) in [5.41, 5.74) is 7.80. The zero-order valence-corrected chi connectivity index (χ0v) is 21.3. The summed E-state index contributed by atoms with van der Waals surface area (Å²) in [7, 11) is 2.08. The Morgan fingerprint density at radius 2 is 2.03 bits per heavy atom. The van der Waals surface area contributed by atoms with Gasteiger partial charge in [0.05, 0.1) is 11.5 Å². The van der Waals surface area contributed by atoms with E-state index in [0.29, 0.717) is 36.2 Å². The van der Waals surface area contributed by atoms with Gasteiger partial charge in [0.15, 0.2) is 0 Å². The number of nitrogen functional groups attached to an aromatic ring is 1. The molecule has 2 fully saturated rings. The normalized spacial score (nSPS) is 25.1. The van der Waals surface area contributed by atoms with Crippen LogP contribution >= 0.6 is 11.3 Å². The van der Waals surface area contributed by atoms with Crippen molar-refractivity contribution in [1.29, 1.82) is 5.26 Å². The fourth-order valence-corrected chi connectivity index (χ4v) is 7.10. The lowest BCUT2D eigenvalue weighted by atomic mass is 9.74. The van der Waals surface area contributed by atoms with Gasteiger partial charge in [-0.1, -0.05) is 13.3 Å². The Labute approximate surface area is 207 Å². The number of rotatable bonds is 6. The van der Waals surface area contributed by atoms with Crippen LogP contribution in [0.2, 0.25) is 0 Å². The molecule has 0 radical (unpaired) electrons. The Morgan fingerprint density at radius 1 is 1.26 bits per heavy atom. The molecule has 0 saturated carbocycles. The molecule has 3 N–H and O–H groups in total. The van der Waals surface area contributed by atoms with E-state index in [1.807, 2.05) is 6.92 Å². The lowest BCUT2D eigenvalue weighted by Gasteiger charge is -2.45. The minimum absolute atomic E-state index is 0.0706. The van der Waals surface area contributed by atoms with E-state index in [1.54, 1.807) is 0 Å². The summed E-state index contributed by atoms with van der Waals surface area (Å²) in [6.45, 7) is 6.68. The second-order valence-electron chi connectivity index (χ2n) is 10.1. The Balaban J connectivity index is 1.39. The molecule has 1 aromatic heterocycles. The highest BCUT2D eigenvalue weighted by molar-refractivity contribution is 7.16. The SMILES string of the molecule is CCCN(C(=O)NCCN1CCCCC1)C(=O)[C@@H]1C[C@@H]2Cc3c(sc(N)c3C#N)C[C@H]2N(C)C1. The number of imide groups is 1. The zero-order valence-electron chi connectivity index (χ0n) is 20.5. The number of urea groups is 1. The second-order valence-corrected chi connectivity index (χ2v) is 11.2. The van der Waals surface area contributed by atoms with Gasteiger partial charge in [0.2, 0.25) is 5.91 Å². The van der Waals surface area contributed by atoms with E-state index in [2.05, 4.69) is 28.2 Å². The molecule has 3 atom stereocenters. The second kappa shape index (κ2) is 11.1. The van der Waals surface area contributed by atoms with Crippen molar-refractivity contribution in [3.05, 3.63) is 16.0 Å². The average molecular weight is 487 g/mol. The molecule has 3 amide bonds. The van der Waals surface area contributed by atoms with Crippen molar-refractivity contribution in [3.8, 4) is 6.07 Å². The number of hydrogen-bond donors (Lipinski definition) is 2. The number of carbonyl (C=O) groups is 2. The predicted molar refractivity (Wildman–Crippen MR) is 135 cm³/mol. The Bertz CT molecular complexity index is 935. The molecule has 1 aliphatic carbocycles. The zero-order chi connectivity index (χ0) is 24.2. The van der Waals surface area contributed by atoms with E-state index in [0.717, 1.165) is 50.9 Å².